The number of hydrogen-bond donors (Lipinski definition) is 1. The van der Waals surface area contributed by atoms with Crippen molar-refractivity contribution in [1.29, 1.82) is 0 Å². The molecule has 0 unspecified atom stereocenters. The molecule has 2 aromatic carbocycles. The highest BCUT2D eigenvalue weighted by molar-refractivity contribution is 7.91. The minimum atomic E-state index is -3.30. The van der Waals surface area contributed by atoms with Crippen molar-refractivity contribution in [3.63, 3.8) is 0 Å². The average molecular weight is 504 g/mol. The number of para-hydroxylation sites is 1. The maximum absolute atomic E-state index is 13.0. The molecule has 0 saturated carbocycles. The number of aryl methyl sites for hydroxylation is 1. The summed E-state index contributed by atoms with van der Waals surface area (Å²) in [6.45, 7) is 3.83. The zero-order chi connectivity index (χ0) is 23.8. The number of fused-ring (bicyclic) bond motifs is 1. The van der Waals surface area contributed by atoms with E-state index in [1.165, 1.54) is 6.07 Å². The van der Waals surface area contributed by atoms with Crippen molar-refractivity contribution >= 4 is 55.4 Å². The molecule has 172 valence electrons. The normalized spacial score (nSPS) is 13.7. The Morgan fingerprint density at radius 1 is 1.24 bits per heavy atom. The van der Waals surface area contributed by atoms with Crippen LogP contribution in [0, 0.1) is 6.92 Å². The molecule has 1 aromatic heterocycles. The standard InChI is InChI=1S/C23H22ClN3O4S2/c1-3-33(30,31)16-9-8-15(14(2)12-16)13-20(28)26-23-25-18-10-11-27(22(29)21(18)32-23)19-7-5-4-6-17(19)24/h4-9,12H,3,10-11,13H2,1-2H3,(H,25,26,28). The molecule has 3 aromatic rings. The highest BCUT2D eigenvalue weighted by Crippen LogP contribution is 2.33. The van der Waals surface area contributed by atoms with Crippen molar-refractivity contribution < 1.29 is 18.0 Å². The number of halogens is 1. The van der Waals surface area contributed by atoms with Crippen LogP contribution < -0.4 is 10.2 Å². The van der Waals surface area contributed by atoms with Crippen molar-refractivity contribution in [2.45, 2.75) is 31.6 Å². The lowest BCUT2D eigenvalue weighted by atomic mass is 10.1. The van der Waals surface area contributed by atoms with E-state index in [9.17, 15) is 18.0 Å². The van der Waals surface area contributed by atoms with Crippen molar-refractivity contribution in [2.75, 3.05) is 22.5 Å². The van der Waals surface area contributed by atoms with Crippen LogP contribution >= 0.6 is 22.9 Å². The Kier molecular flexibility index (Phi) is 6.56. The predicted molar refractivity (Wildman–Crippen MR) is 130 cm³/mol. The molecule has 2 amide bonds. The van der Waals surface area contributed by atoms with Gasteiger partial charge in [0.15, 0.2) is 15.0 Å². The van der Waals surface area contributed by atoms with E-state index in [0.29, 0.717) is 39.4 Å². The van der Waals surface area contributed by atoms with Crippen LogP contribution in [0.3, 0.4) is 0 Å². The zero-order valence-electron chi connectivity index (χ0n) is 18.1. The first-order chi connectivity index (χ1) is 15.7. The Morgan fingerprint density at radius 3 is 2.70 bits per heavy atom. The number of nitrogens with zero attached hydrogens (tertiary/aromatic N) is 2. The number of carbonyl (C=O) groups excluding carboxylic acids is 2. The van der Waals surface area contributed by atoms with Gasteiger partial charge in [0.05, 0.1) is 33.5 Å². The molecule has 33 heavy (non-hydrogen) atoms. The van der Waals surface area contributed by atoms with Gasteiger partial charge in [-0.15, -0.1) is 0 Å². The van der Waals surface area contributed by atoms with Crippen molar-refractivity contribution in [3.05, 3.63) is 69.2 Å². The van der Waals surface area contributed by atoms with Crippen molar-refractivity contribution in [3.8, 4) is 0 Å². The van der Waals surface area contributed by atoms with E-state index in [1.54, 1.807) is 43.0 Å². The smallest absolute Gasteiger partial charge is 0.270 e. The second-order valence-corrected chi connectivity index (χ2v) is 11.4. The molecule has 10 heteroatoms. The van der Waals surface area contributed by atoms with E-state index in [-0.39, 0.29) is 28.9 Å². The lowest BCUT2D eigenvalue weighted by Gasteiger charge is -2.26. The summed E-state index contributed by atoms with van der Waals surface area (Å²) in [6.07, 6.45) is 0.632. The highest BCUT2D eigenvalue weighted by atomic mass is 35.5. The molecule has 1 aliphatic heterocycles. The molecule has 0 atom stereocenters. The van der Waals surface area contributed by atoms with E-state index in [0.717, 1.165) is 22.5 Å². The van der Waals surface area contributed by atoms with Gasteiger partial charge in [0.2, 0.25) is 5.91 Å². The van der Waals surface area contributed by atoms with Crippen molar-refractivity contribution in [1.82, 2.24) is 4.98 Å². The van der Waals surface area contributed by atoms with Gasteiger partial charge in [0.25, 0.3) is 5.91 Å². The van der Waals surface area contributed by atoms with Gasteiger partial charge in [-0.1, -0.05) is 48.1 Å². The molecule has 0 fully saturated rings. The minimum Gasteiger partial charge on any atom is -0.306 e. The monoisotopic (exact) mass is 503 g/mol. The summed E-state index contributed by atoms with van der Waals surface area (Å²) in [4.78, 5) is 32.4. The van der Waals surface area contributed by atoms with E-state index in [2.05, 4.69) is 10.3 Å². The summed E-state index contributed by atoms with van der Waals surface area (Å²) in [5.41, 5.74) is 2.76. The number of thiazole rings is 1. The lowest BCUT2D eigenvalue weighted by molar-refractivity contribution is -0.115. The SMILES string of the molecule is CCS(=O)(=O)c1ccc(CC(=O)Nc2nc3c(s2)C(=O)N(c2ccccc2Cl)CC3)c(C)c1. The zero-order valence-corrected chi connectivity index (χ0v) is 20.5. The lowest BCUT2D eigenvalue weighted by Crippen LogP contribution is -2.37. The molecule has 7 nitrogen and oxygen atoms in total. The summed E-state index contributed by atoms with van der Waals surface area (Å²) in [7, 11) is -3.30. The predicted octanol–water partition coefficient (Wildman–Crippen LogP) is 4.28. The van der Waals surface area contributed by atoms with Gasteiger partial charge in [-0.2, -0.15) is 0 Å². The number of rotatable bonds is 6. The summed E-state index contributed by atoms with van der Waals surface area (Å²) < 4.78 is 24.1. The van der Waals surface area contributed by atoms with Gasteiger partial charge in [-0.05, 0) is 42.3 Å². The first-order valence-corrected chi connectivity index (χ1v) is 13.2. The van der Waals surface area contributed by atoms with Crippen LogP contribution in [0.5, 0.6) is 0 Å². The Balaban J connectivity index is 1.47. The van der Waals surface area contributed by atoms with Gasteiger partial charge in [-0.25, -0.2) is 13.4 Å². The van der Waals surface area contributed by atoms with Crippen LogP contribution in [0.2, 0.25) is 5.02 Å². The Labute approximate surface area is 201 Å². The molecule has 0 spiro atoms. The fraction of sp³-hybridized carbons (Fsp3) is 0.261. The number of amides is 2. The first kappa shape index (κ1) is 23.4. The average Bonchev–Trinajstić information content (AvgIpc) is 3.19. The van der Waals surface area contributed by atoms with Crippen molar-refractivity contribution in [2.24, 2.45) is 0 Å². The fourth-order valence-corrected chi connectivity index (χ4v) is 5.83. The molecular formula is C23H22ClN3O4S2. The first-order valence-electron chi connectivity index (χ1n) is 10.4. The van der Waals surface area contributed by atoms with E-state index < -0.39 is 9.84 Å². The third kappa shape index (κ3) is 4.80. The van der Waals surface area contributed by atoms with Gasteiger partial charge in [-0.3, -0.25) is 9.59 Å². The highest BCUT2D eigenvalue weighted by Gasteiger charge is 2.30. The van der Waals surface area contributed by atoms with Crippen LogP contribution in [0.1, 0.15) is 33.4 Å². The third-order valence-corrected chi connectivity index (χ3v) is 8.56. The number of sulfone groups is 1. The van der Waals surface area contributed by atoms with Crippen LogP contribution in [-0.2, 0) is 27.5 Å². The van der Waals surface area contributed by atoms with Gasteiger partial charge < -0.3 is 10.2 Å². The van der Waals surface area contributed by atoms with Crippen LogP contribution in [0.25, 0.3) is 0 Å². The third-order valence-electron chi connectivity index (χ3n) is 5.50. The van der Waals surface area contributed by atoms with Gasteiger partial charge >= 0.3 is 0 Å². The number of aromatic nitrogens is 1. The van der Waals surface area contributed by atoms with E-state index >= 15 is 0 Å². The molecule has 0 bridgehead atoms. The Morgan fingerprint density at radius 2 is 2.00 bits per heavy atom. The molecule has 1 aliphatic rings. The topological polar surface area (TPSA) is 96.4 Å². The number of nitrogens with one attached hydrogen (secondary N) is 1. The largest absolute Gasteiger partial charge is 0.306 e. The molecule has 1 N–H and O–H groups in total. The second kappa shape index (κ2) is 9.24. The maximum Gasteiger partial charge on any atom is 0.270 e. The molecule has 2 heterocycles. The van der Waals surface area contributed by atoms with E-state index in [1.807, 2.05) is 12.1 Å². The molecular weight excluding hydrogens is 482 g/mol. The molecule has 4 rings (SSSR count). The van der Waals surface area contributed by atoms with Gasteiger partial charge in [0.1, 0.15) is 4.88 Å². The minimum absolute atomic E-state index is 0.0214. The van der Waals surface area contributed by atoms with Crippen LogP contribution in [-0.4, -0.2) is 37.5 Å². The Hall–Kier alpha value is -2.75. The molecule has 0 aliphatic carbocycles. The number of hydrogen-bond acceptors (Lipinski definition) is 6. The van der Waals surface area contributed by atoms with Crippen LogP contribution in [0.15, 0.2) is 47.4 Å². The summed E-state index contributed by atoms with van der Waals surface area (Å²) >= 11 is 7.40. The summed E-state index contributed by atoms with van der Waals surface area (Å²) in [5.74, 6) is -0.454. The number of benzene rings is 2. The summed E-state index contributed by atoms with van der Waals surface area (Å²) in [6, 6.07) is 12.0. The maximum atomic E-state index is 13.0. The Bertz CT molecular complexity index is 1350. The van der Waals surface area contributed by atoms with Gasteiger partial charge in [0, 0.05) is 13.0 Å². The van der Waals surface area contributed by atoms with Crippen LogP contribution in [0.4, 0.5) is 10.8 Å². The molecule has 0 radical (unpaired) electrons. The van der Waals surface area contributed by atoms with E-state index in [4.69, 9.17) is 11.6 Å². The second-order valence-electron chi connectivity index (χ2n) is 7.67. The number of carbonyl (C=O) groups is 2. The quantitative estimate of drug-likeness (QED) is 0.541. The number of anilines is 2. The molecule has 0 saturated heterocycles. The summed E-state index contributed by atoms with van der Waals surface area (Å²) in [5, 5.41) is 3.63. The fourth-order valence-electron chi connectivity index (χ4n) is 3.65.